The number of aryl methyl sites for hydroxylation is 4. The number of halogens is 2. The van der Waals surface area contributed by atoms with Crippen LogP contribution in [0.15, 0.2) is 380 Å². The molecular formula is C105H81F2N15O16S6. The molecule has 7 amide bonds. The third-order valence-electron chi connectivity index (χ3n) is 19.7. The molecule has 14 heterocycles. The minimum atomic E-state index is -2.92. The van der Waals surface area contributed by atoms with Gasteiger partial charge in [-0.25, -0.2) is 34.9 Å². The number of amides is 7. The predicted octanol–water partition coefficient (Wildman–Crippen LogP) is 26.8. The lowest BCUT2D eigenvalue weighted by Gasteiger charge is -2.08. The topological polar surface area (TPSA) is 417 Å². The van der Waals surface area contributed by atoms with Gasteiger partial charge in [0.2, 0.25) is 5.76 Å². The van der Waals surface area contributed by atoms with E-state index >= 15 is 0 Å². The number of ether oxygens (including phenoxy) is 2. The molecule has 21 aromatic rings. The molecule has 0 unspecified atom stereocenters. The average Bonchev–Trinajstić information content (AvgIpc) is 1.68. The first-order valence-electron chi connectivity index (χ1n) is 43.2. The zero-order valence-electron chi connectivity index (χ0n) is 76.4. The largest absolute Gasteiger partial charge is 0.497 e. The van der Waals surface area contributed by atoms with Gasteiger partial charge >= 0.3 is 6.61 Å². The van der Waals surface area contributed by atoms with E-state index in [1.165, 1.54) is 147 Å². The minimum absolute atomic E-state index is 0.0247. The third kappa shape index (κ3) is 28.9. The Morgan fingerprint density at radius 1 is 0.299 bits per heavy atom. The minimum Gasteiger partial charge on any atom is -0.497 e. The SMILES string of the molecule is COc1ccc(-c2csc(NC(=O)c3ccco3)n2)cc1.Cc1ccc(-c2cccc(NC(=O)c3ccno3)n2)cc1.Cc1ccc(-c2nc(NC(=O)c3ccco3)cs2)cc1.Cc1cccc(-c2csc(NC(=O)c3ccco3)n2)c1.Cc1ccccc1-c1csc(NC(=O)c2ccco2)n1.O=C(Nc1nc(-c2ccccc2)cs1)c1ccco1.O=C(Nc1nc(-c2ccccc2OC(F)F)cs1)c1ccco1. The van der Waals surface area contributed by atoms with E-state index in [1.54, 1.807) is 103 Å². The number of rotatable bonds is 24. The summed E-state index contributed by atoms with van der Waals surface area (Å²) in [5.74, 6) is 1.19. The molecule has 7 aromatic carbocycles. The number of carbonyl (C=O) groups excluding carboxylic acids is 7. The summed E-state index contributed by atoms with van der Waals surface area (Å²) < 4.78 is 69.4. The van der Waals surface area contributed by atoms with Gasteiger partial charge in [-0.2, -0.15) is 8.78 Å². The molecule has 722 valence electrons. The second kappa shape index (κ2) is 50.1. The lowest BCUT2D eigenvalue weighted by atomic mass is 10.1. The number of hydrogen-bond acceptors (Lipinski definition) is 30. The fraction of sp³-hybridized carbons (Fsp3) is 0.0571. The van der Waals surface area contributed by atoms with Crippen LogP contribution in [0.4, 0.5) is 46.1 Å². The number of aromatic nitrogens is 8. The number of nitrogens with zero attached hydrogens (tertiary/aromatic N) is 8. The van der Waals surface area contributed by atoms with Gasteiger partial charge in [-0.1, -0.05) is 161 Å². The lowest BCUT2D eigenvalue weighted by Crippen LogP contribution is -2.12. The maximum atomic E-state index is 12.4. The lowest BCUT2D eigenvalue weighted by molar-refractivity contribution is -0.0494. The van der Waals surface area contributed by atoms with Gasteiger partial charge in [-0.15, -0.1) is 68.0 Å². The van der Waals surface area contributed by atoms with Crippen LogP contribution in [0.5, 0.6) is 11.5 Å². The molecule has 14 aromatic heterocycles. The standard InChI is InChI=1S/C16H13N3O2.C15H10F2N2O3S.C15H12N2O3S.3C15H12N2O2S.C14H10N2O2S/c1-11-5-7-12(8-6-11)13-3-2-4-15(18-13)19-16(20)14-9-10-17-21-14;16-14(17)22-11-5-2-1-4-9(11)10-8-23-15(18-10)19-13(20)12-6-3-7-21-12;1-19-11-6-4-10(5-7-11)12-9-21-15(16-12)17-14(18)13-3-2-8-20-13;1-10-4-2-5-11(8-10)12-9-20-15(16-12)17-14(18)13-6-3-7-19-13;1-10-4-6-11(7-5-10)15-17-13(9-20-15)16-14(18)12-3-2-8-19-12;1-10-5-2-3-6-11(10)12-9-20-15(16-12)17-14(18)13-7-4-8-19-13;17-13(12-7-4-8-18-12)16-14-15-11(9-19-14)10-5-2-1-3-6-10/h2-10H,1H3,(H,18,19,20);1-8,14H,(H,18,19,20);2-9H,1H3,(H,16,17,18);2-9H,1H3,(H,16,17,18);2-9H,1H3,(H,16,18);2-9H,1H3,(H,16,17,18);1-9H,(H,15,16,17). The van der Waals surface area contributed by atoms with Crippen molar-refractivity contribution in [3.8, 4) is 89.6 Å². The Bertz CT molecular complexity index is 7690. The van der Waals surface area contributed by atoms with Crippen LogP contribution in [0, 0.1) is 27.7 Å². The highest BCUT2D eigenvalue weighted by molar-refractivity contribution is 7.15. The van der Waals surface area contributed by atoms with Crippen LogP contribution in [0.25, 0.3) is 78.1 Å². The number of hydrogen-bond donors (Lipinski definition) is 7. The van der Waals surface area contributed by atoms with Crippen LogP contribution in [0.3, 0.4) is 0 Å². The Labute approximate surface area is 843 Å². The summed E-state index contributed by atoms with van der Waals surface area (Å²) in [5.41, 5.74) is 15.9. The molecule has 0 spiro atoms. The number of benzene rings is 7. The second-order valence-electron chi connectivity index (χ2n) is 29.9. The summed E-state index contributed by atoms with van der Waals surface area (Å²) in [6.45, 7) is 5.23. The van der Waals surface area contributed by atoms with Gasteiger partial charge < -0.3 is 51.1 Å². The molecule has 39 heteroatoms. The Morgan fingerprint density at radius 2 is 0.674 bits per heavy atom. The average molecular weight is 2040 g/mol. The molecule has 0 fully saturated rings. The number of alkyl halides is 2. The summed E-state index contributed by atoms with van der Waals surface area (Å²) >= 11 is 8.20. The number of methoxy groups -OCH3 is 1. The first-order chi connectivity index (χ1) is 70.1. The maximum absolute atomic E-state index is 12.4. The smallest absolute Gasteiger partial charge is 0.387 e. The summed E-state index contributed by atoms with van der Waals surface area (Å²) in [6.07, 6.45) is 10.1. The third-order valence-corrected chi connectivity index (χ3v) is 24.4. The van der Waals surface area contributed by atoms with Gasteiger partial charge in [-0.3, -0.25) is 60.1 Å². The Balaban J connectivity index is 0.000000126. The summed E-state index contributed by atoms with van der Waals surface area (Å²) in [7, 11) is 1.63. The maximum Gasteiger partial charge on any atom is 0.387 e. The van der Waals surface area contributed by atoms with E-state index in [9.17, 15) is 42.3 Å². The molecule has 0 aliphatic heterocycles. The van der Waals surface area contributed by atoms with Crippen molar-refractivity contribution < 1.29 is 82.8 Å². The zero-order valence-corrected chi connectivity index (χ0v) is 81.3. The van der Waals surface area contributed by atoms with Crippen LogP contribution < -0.4 is 46.7 Å². The van der Waals surface area contributed by atoms with Crippen LogP contribution in [0.1, 0.15) is 96.1 Å². The molecule has 0 radical (unpaired) electrons. The van der Waals surface area contributed by atoms with Crippen molar-refractivity contribution in [1.29, 1.82) is 0 Å². The normalized spacial score (nSPS) is 10.4. The van der Waals surface area contributed by atoms with Crippen LogP contribution in [-0.4, -0.2) is 95.1 Å². The molecule has 0 aliphatic carbocycles. The van der Waals surface area contributed by atoms with Crippen molar-refractivity contribution in [1.82, 2.24) is 40.0 Å². The van der Waals surface area contributed by atoms with Gasteiger partial charge in [0.05, 0.1) is 85.0 Å². The molecule has 144 heavy (non-hydrogen) atoms. The van der Waals surface area contributed by atoms with E-state index in [2.05, 4.69) is 88.1 Å². The molecule has 0 atom stereocenters. The number of para-hydroxylation sites is 1. The molecule has 0 bridgehead atoms. The second-order valence-corrected chi connectivity index (χ2v) is 35.1. The van der Waals surface area contributed by atoms with Gasteiger partial charge in [-0.05, 0) is 161 Å². The predicted molar refractivity (Wildman–Crippen MR) is 552 cm³/mol. The number of pyridine rings is 1. The fourth-order valence-corrected chi connectivity index (χ4v) is 17.0. The van der Waals surface area contributed by atoms with Gasteiger partial charge in [0.1, 0.15) is 28.1 Å². The van der Waals surface area contributed by atoms with Crippen LogP contribution in [-0.2, 0) is 0 Å². The highest BCUT2D eigenvalue weighted by Crippen LogP contribution is 2.36. The van der Waals surface area contributed by atoms with Gasteiger partial charge in [0.15, 0.2) is 60.2 Å². The van der Waals surface area contributed by atoms with E-state index in [-0.39, 0.29) is 81.5 Å². The number of furan rings is 6. The van der Waals surface area contributed by atoms with Crippen molar-refractivity contribution in [2.75, 3.05) is 44.3 Å². The van der Waals surface area contributed by atoms with Crippen molar-refractivity contribution in [2.45, 2.75) is 34.3 Å². The summed E-state index contributed by atoms with van der Waals surface area (Å²) in [5, 5.41) is 36.9. The summed E-state index contributed by atoms with van der Waals surface area (Å²) in [4.78, 5) is 114. The highest BCUT2D eigenvalue weighted by atomic mass is 32.1. The van der Waals surface area contributed by atoms with Crippen LogP contribution in [0.2, 0.25) is 0 Å². The first-order valence-corrected chi connectivity index (χ1v) is 48.4. The number of nitrogens with one attached hydrogen (secondary N) is 7. The van der Waals surface area contributed by atoms with Crippen molar-refractivity contribution in [3.63, 3.8) is 0 Å². The quantitative estimate of drug-likeness (QED) is 0.0295. The highest BCUT2D eigenvalue weighted by Gasteiger charge is 2.22. The van der Waals surface area contributed by atoms with Gasteiger partial charge in [0, 0.05) is 77.3 Å². The zero-order chi connectivity index (χ0) is 100. The Hall–Kier alpha value is -17.9. The monoisotopic (exact) mass is 2040 g/mol. The van der Waals surface area contributed by atoms with Crippen LogP contribution >= 0.6 is 68.0 Å². The molecule has 21 rings (SSSR count). The number of thiazole rings is 6. The van der Waals surface area contributed by atoms with E-state index < -0.39 is 12.5 Å². The van der Waals surface area contributed by atoms with E-state index in [0.717, 1.165) is 78.2 Å². The van der Waals surface area contributed by atoms with Crippen molar-refractivity contribution in [3.05, 3.63) is 412 Å². The molecule has 0 saturated heterocycles. The van der Waals surface area contributed by atoms with Gasteiger partial charge in [0.25, 0.3) is 41.4 Å². The Morgan fingerprint density at radius 3 is 1.11 bits per heavy atom. The molecule has 0 aliphatic rings. The Kier molecular flexibility index (Phi) is 35.0. The van der Waals surface area contributed by atoms with E-state index in [4.69, 9.17) is 35.8 Å². The van der Waals surface area contributed by atoms with E-state index in [0.29, 0.717) is 48.6 Å². The molecule has 7 N–H and O–H groups in total. The molecular weight excluding hydrogens is 1960 g/mol. The fourth-order valence-electron chi connectivity index (χ4n) is 12.7. The number of carbonyl (C=O) groups is 7. The molecule has 0 saturated carbocycles. The number of anilines is 7. The molecule has 31 nitrogen and oxygen atoms in total. The van der Waals surface area contributed by atoms with E-state index in [1.807, 2.05) is 212 Å². The van der Waals surface area contributed by atoms with Crippen molar-refractivity contribution in [2.24, 2.45) is 0 Å². The van der Waals surface area contributed by atoms with Crippen molar-refractivity contribution >= 4 is 147 Å². The first kappa shape index (κ1) is 101. The summed E-state index contributed by atoms with van der Waals surface area (Å²) in [6, 6.07) is 82.5.